The number of nitrogens with zero attached hydrogens (tertiary/aromatic N) is 5. The van der Waals surface area contributed by atoms with Crippen molar-refractivity contribution < 1.29 is 9.53 Å². The van der Waals surface area contributed by atoms with E-state index in [2.05, 4.69) is 29.2 Å². The third kappa shape index (κ3) is 6.13. The van der Waals surface area contributed by atoms with Gasteiger partial charge < -0.3 is 15.0 Å². The molecule has 0 atom stereocenters. The molecule has 4 rings (SSSR count). The van der Waals surface area contributed by atoms with Crippen LogP contribution in [0.15, 0.2) is 11.4 Å². The quantitative estimate of drug-likeness (QED) is 0.452. The second-order valence-electron chi connectivity index (χ2n) is 9.09. The molecule has 9 heteroatoms. The normalized spacial score (nSPS) is 17.9. The minimum absolute atomic E-state index is 0.145. The van der Waals surface area contributed by atoms with Crippen LogP contribution < -0.4 is 10.2 Å². The summed E-state index contributed by atoms with van der Waals surface area (Å²) in [6.45, 7) is 8.51. The van der Waals surface area contributed by atoms with Crippen molar-refractivity contribution in [3.63, 3.8) is 0 Å². The Labute approximate surface area is 194 Å². The Kier molecular flexibility index (Phi) is 8.24. The zero-order valence-electron chi connectivity index (χ0n) is 19.4. The molecule has 1 aliphatic heterocycles. The maximum absolute atomic E-state index is 12.3. The average molecular weight is 461 g/mol. The molecule has 3 heterocycles. The highest BCUT2D eigenvalue weighted by Crippen LogP contribution is 2.29. The van der Waals surface area contributed by atoms with E-state index >= 15 is 0 Å². The van der Waals surface area contributed by atoms with Crippen LogP contribution >= 0.6 is 11.8 Å². The summed E-state index contributed by atoms with van der Waals surface area (Å²) >= 11 is 1.66. The Hall–Kier alpha value is -1.87. The van der Waals surface area contributed by atoms with E-state index in [-0.39, 0.29) is 5.91 Å². The van der Waals surface area contributed by atoms with Crippen molar-refractivity contribution in [3.05, 3.63) is 6.20 Å². The lowest BCUT2D eigenvalue weighted by Crippen LogP contribution is -2.37. The molecule has 8 nitrogen and oxygen atoms in total. The van der Waals surface area contributed by atoms with E-state index in [1.807, 2.05) is 10.9 Å². The Balaban J connectivity index is 1.40. The van der Waals surface area contributed by atoms with E-state index in [1.165, 1.54) is 32.1 Å². The highest BCUT2D eigenvalue weighted by atomic mass is 32.2. The molecule has 2 fully saturated rings. The molecular weight excluding hydrogens is 424 g/mol. The minimum Gasteiger partial charge on any atom is -0.378 e. The highest BCUT2D eigenvalue weighted by Gasteiger charge is 2.21. The van der Waals surface area contributed by atoms with Gasteiger partial charge in [0.15, 0.2) is 10.8 Å². The Bertz CT molecular complexity index is 890. The predicted octanol–water partition coefficient (Wildman–Crippen LogP) is 3.64. The first-order chi connectivity index (χ1) is 15.6. The fraction of sp³-hybridized carbons (Fsp3) is 0.739. The number of amides is 1. The molecule has 32 heavy (non-hydrogen) atoms. The molecule has 176 valence electrons. The van der Waals surface area contributed by atoms with Crippen molar-refractivity contribution in [1.29, 1.82) is 0 Å². The fourth-order valence-corrected chi connectivity index (χ4v) is 5.26. The van der Waals surface area contributed by atoms with Gasteiger partial charge in [0, 0.05) is 31.3 Å². The van der Waals surface area contributed by atoms with E-state index < -0.39 is 0 Å². The van der Waals surface area contributed by atoms with Crippen molar-refractivity contribution in [1.82, 2.24) is 25.1 Å². The highest BCUT2D eigenvalue weighted by molar-refractivity contribution is 7.99. The number of rotatable bonds is 9. The van der Waals surface area contributed by atoms with E-state index in [1.54, 1.807) is 11.8 Å². The fourth-order valence-electron chi connectivity index (χ4n) is 4.56. The van der Waals surface area contributed by atoms with Gasteiger partial charge in [-0.25, -0.2) is 14.6 Å². The molecule has 1 amide bonds. The minimum atomic E-state index is 0.145. The molecule has 2 aromatic heterocycles. The summed E-state index contributed by atoms with van der Waals surface area (Å²) < 4.78 is 7.41. The van der Waals surface area contributed by atoms with Gasteiger partial charge >= 0.3 is 0 Å². The van der Waals surface area contributed by atoms with Crippen LogP contribution in [0, 0.1) is 5.92 Å². The summed E-state index contributed by atoms with van der Waals surface area (Å²) in [6.07, 6.45) is 10.1. The number of thioether (sulfide) groups is 1. The van der Waals surface area contributed by atoms with Gasteiger partial charge in [0.2, 0.25) is 5.91 Å². The molecule has 2 aliphatic rings. The molecule has 0 spiro atoms. The summed E-state index contributed by atoms with van der Waals surface area (Å²) in [4.78, 5) is 24.2. The molecule has 1 saturated carbocycles. The van der Waals surface area contributed by atoms with Crippen LogP contribution in [0.1, 0.15) is 58.8 Å². The Morgan fingerprint density at radius 3 is 2.75 bits per heavy atom. The lowest BCUT2D eigenvalue weighted by Gasteiger charge is -2.28. The zero-order valence-corrected chi connectivity index (χ0v) is 20.2. The van der Waals surface area contributed by atoms with Crippen LogP contribution in [0.25, 0.3) is 11.0 Å². The Morgan fingerprint density at radius 1 is 1.22 bits per heavy atom. The average Bonchev–Trinajstić information content (AvgIpc) is 3.21. The van der Waals surface area contributed by atoms with Crippen molar-refractivity contribution in [2.24, 2.45) is 5.92 Å². The molecular formula is C23H36N6O2S. The first-order valence-electron chi connectivity index (χ1n) is 12.1. The number of hydrogen-bond donors (Lipinski definition) is 1. The predicted molar refractivity (Wildman–Crippen MR) is 128 cm³/mol. The number of anilines is 1. The van der Waals surface area contributed by atoms with Crippen molar-refractivity contribution in [2.45, 2.75) is 75.7 Å². The zero-order chi connectivity index (χ0) is 22.3. The third-order valence-electron chi connectivity index (χ3n) is 6.26. The maximum atomic E-state index is 12.3. The van der Waals surface area contributed by atoms with Crippen LogP contribution in [-0.4, -0.2) is 63.8 Å². The summed E-state index contributed by atoms with van der Waals surface area (Å²) in [5.74, 6) is 1.81. The molecule has 1 aliphatic carbocycles. The van der Waals surface area contributed by atoms with Gasteiger partial charge in [-0.2, -0.15) is 5.10 Å². The van der Waals surface area contributed by atoms with E-state index in [4.69, 9.17) is 14.7 Å². The first-order valence-corrected chi connectivity index (χ1v) is 13.0. The third-order valence-corrected chi connectivity index (χ3v) is 7.12. The van der Waals surface area contributed by atoms with Gasteiger partial charge in [0.25, 0.3) is 0 Å². The van der Waals surface area contributed by atoms with Crippen LogP contribution in [-0.2, 0) is 16.1 Å². The molecule has 0 unspecified atom stereocenters. The number of carbonyl (C=O) groups is 1. The van der Waals surface area contributed by atoms with Crippen molar-refractivity contribution in [3.8, 4) is 0 Å². The van der Waals surface area contributed by atoms with Crippen LogP contribution in [0.2, 0.25) is 0 Å². The van der Waals surface area contributed by atoms with E-state index in [0.29, 0.717) is 38.0 Å². The number of fused-ring (bicyclic) bond motifs is 1. The molecule has 2 aromatic rings. The van der Waals surface area contributed by atoms with Crippen molar-refractivity contribution in [2.75, 3.05) is 37.7 Å². The van der Waals surface area contributed by atoms with Crippen LogP contribution in [0.3, 0.4) is 0 Å². The van der Waals surface area contributed by atoms with Gasteiger partial charge in [-0.15, -0.1) is 0 Å². The number of hydrogen-bond acceptors (Lipinski definition) is 7. The largest absolute Gasteiger partial charge is 0.378 e. The first kappa shape index (κ1) is 23.3. The van der Waals surface area contributed by atoms with Gasteiger partial charge in [0.1, 0.15) is 5.82 Å². The van der Waals surface area contributed by atoms with Gasteiger partial charge in [-0.3, -0.25) is 4.79 Å². The summed E-state index contributed by atoms with van der Waals surface area (Å²) in [6, 6.07) is 0. The number of aromatic nitrogens is 4. The number of carbonyl (C=O) groups excluding carboxylic acids is 1. The molecule has 1 N–H and O–H groups in total. The monoisotopic (exact) mass is 460 g/mol. The van der Waals surface area contributed by atoms with Gasteiger partial charge in [-0.1, -0.05) is 57.7 Å². The number of ether oxygens (including phenoxy) is 1. The van der Waals surface area contributed by atoms with E-state index in [9.17, 15) is 4.79 Å². The molecule has 1 saturated heterocycles. The topological polar surface area (TPSA) is 85.2 Å². The lowest BCUT2D eigenvalue weighted by atomic mass is 9.86. The SMILES string of the molecule is CC(C)Sc1nc(N2CCOCC2)c2cnn(CCNC(=O)CCC3CCCCC3)c2n1. The number of morpholine rings is 1. The van der Waals surface area contributed by atoms with Crippen molar-refractivity contribution >= 4 is 34.5 Å². The maximum Gasteiger partial charge on any atom is 0.220 e. The lowest BCUT2D eigenvalue weighted by molar-refractivity contribution is -0.121. The summed E-state index contributed by atoms with van der Waals surface area (Å²) in [5.41, 5.74) is 0.834. The van der Waals surface area contributed by atoms with Crippen LogP contribution in [0.5, 0.6) is 0 Å². The van der Waals surface area contributed by atoms with Gasteiger partial charge in [0.05, 0.1) is 31.3 Å². The molecule has 0 radical (unpaired) electrons. The van der Waals surface area contributed by atoms with Gasteiger partial charge in [-0.05, 0) is 12.3 Å². The second kappa shape index (κ2) is 11.3. The summed E-state index contributed by atoms with van der Waals surface area (Å²) in [5, 5.41) is 9.78. The standard InChI is InChI=1S/C23H36N6O2S/c1-17(2)32-23-26-21(28-12-14-31-15-13-28)19-16-25-29(22(19)27-23)11-10-24-20(30)9-8-18-6-4-3-5-7-18/h16-18H,3-15H2,1-2H3,(H,24,30). The molecule has 0 bridgehead atoms. The second-order valence-corrected chi connectivity index (χ2v) is 10.6. The number of nitrogens with one attached hydrogen (secondary N) is 1. The smallest absolute Gasteiger partial charge is 0.220 e. The van der Waals surface area contributed by atoms with Crippen LogP contribution in [0.4, 0.5) is 5.82 Å². The Morgan fingerprint density at radius 2 is 2.00 bits per heavy atom. The summed E-state index contributed by atoms with van der Waals surface area (Å²) in [7, 11) is 0. The van der Waals surface area contributed by atoms with E-state index in [0.717, 1.165) is 47.4 Å². The molecule has 0 aromatic carbocycles.